The highest BCUT2D eigenvalue weighted by atomic mass is 16.5. The van der Waals surface area contributed by atoms with Gasteiger partial charge in [-0.05, 0) is 32.6 Å². The first-order valence-electron chi connectivity index (χ1n) is 7.36. The number of hydrogen-bond acceptors (Lipinski definition) is 2. The average Bonchev–Trinajstić information content (AvgIpc) is 2.43. The van der Waals surface area contributed by atoms with Gasteiger partial charge in [-0.25, -0.2) is 4.79 Å². The lowest BCUT2D eigenvalue weighted by molar-refractivity contribution is -0.137. The molecule has 2 nitrogen and oxygen atoms in total. The van der Waals surface area contributed by atoms with Gasteiger partial charge < -0.3 is 4.74 Å². The summed E-state index contributed by atoms with van der Waals surface area (Å²) in [7, 11) is 0. The largest absolute Gasteiger partial charge is 0.463 e. The zero-order valence-electron chi connectivity index (χ0n) is 12.3. The number of carbonyl (C=O) groups excluding carboxylic acids is 1. The maximum Gasteiger partial charge on any atom is 0.330 e. The Morgan fingerprint density at radius 2 is 1.68 bits per heavy atom. The van der Waals surface area contributed by atoms with Gasteiger partial charge in [-0.1, -0.05) is 56.6 Å². The van der Waals surface area contributed by atoms with Gasteiger partial charge in [-0.2, -0.15) is 0 Å². The minimum Gasteiger partial charge on any atom is -0.463 e. The second kappa shape index (κ2) is 14.7. The first-order chi connectivity index (χ1) is 9.31. The molecule has 0 aromatic rings. The topological polar surface area (TPSA) is 26.3 Å². The molecule has 0 saturated heterocycles. The fraction of sp³-hybridized carbons (Fsp3) is 0.588. The highest BCUT2D eigenvalue weighted by molar-refractivity contribution is 5.81. The highest BCUT2D eigenvalue weighted by Gasteiger charge is 1.95. The van der Waals surface area contributed by atoms with E-state index in [0.29, 0.717) is 6.61 Å². The van der Waals surface area contributed by atoms with Crippen molar-refractivity contribution in [3.63, 3.8) is 0 Å². The van der Waals surface area contributed by atoms with Gasteiger partial charge in [0.1, 0.15) is 0 Å². The second-order valence-electron chi connectivity index (χ2n) is 4.56. The Bertz CT molecular complexity index is 277. The molecule has 0 heterocycles. The maximum atomic E-state index is 10.8. The fourth-order valence-electron chi connectivity index (χ4n) is 1.73. The molecule has 0 spiro atoms. The van der Waals surface area contributed by atoms with E-state index in [0.717, 1.165) is 19.3 Å². The van der Waals surface area contributed by atoms with Crippen LogP contribution in [0.1, 0.15) is 58.3 Å². The Hall–Kier alpha value is -1.31. The summed E-state index contributed by atoms with van der Waals surface area (Å²) in [6.07, 6.45) is 19.4. The number of unbranched alkanes of at least 4 members (excludes halogenated alkanes) is 6. The van der Waals surface area contributed by atoms with Crippen LogP contribution >= 0.6 is 0 Å². The Morgan fingerprint density at radius 1 is 1.00 bits per heavy atom. The summed E-state index contributed by atoms with van der Waals surface area (Å²) >= 11 is 0. The molecule has 0 fully saturated rings. The van der Waals surface area contributed by atoms with Crippen LogP contribution in [0.3, 0.4) is 0 Å². The van der Waals surface area contributed by atoms with Crippen molar-refractivity contribution in [1.82, 2.24) is 0 Å². The van der Waals surface area contributed by atoms with Crippen molar-refractivity contribution in [2.75, 3.05) is 6.61 Å². The predicted octanol–water partition coefficient (Wildman–Crippen LogP) is 4.97. The number of ether oxygens (including phenoxy) is 1. The highest BCUT2D eigenvalue weighted by Crippen LogP contribution is 2.08. The van der Waals surface area contributed by atoms with Gasteiger partial charge >= 0.3 is 5.97 Å². The predicted molar refractivity (Wildman–Crippen MR) is 82.0 cm³/mol. The van der Waals surface area contributed by atoms with Crippen molar-refractivity contribution < 1.29 is 9.53 Å². The van der Waals surface area contributed by atoms with Crippen molar-refractivity contribution in [2.24, 2.45) is 0 Å². The molecule has 0 aliphatic rings. The van der Waals surface area contributed by atoms with E-state index in [1.165, 1.54) is 38.2 Å². The van der Waals surface area contributed by atoms with Crippen LogP contribution in [-0.4, -0.2) is 12.6 Å². The summed E-state index contributed by atoms with van der Waals surface area (Å²) in [5.74, 6) is -0.315. The molecule has 0 atom stereocenters. The van der Waals surface area contributed by atoms with E-state index >= 15 is 0 Å². The van der Waals surface area contributed by atoms with E-state index in [-0.39, 0.29) is 5.97 Å². The number of carbonyl (C=O) groups is 1. The molecule has 0 aliphatic heterocycles. The van der Waals surface area contributed by atoms with Crippen molar-refractivity contribution in [1.29, 1.82) is 0 Å². The summed E-state index contributed by atoms with van der Waals surface area (Å²) in [6, 6.07) is 0. The maximum absolute atomic E-state index is 10.8. The standard InChI is InChI=1S/C17H28O2/c1-3-5-6-7-8-9-10-11-12-13-14-15-16-19-17(18)4-2/h3-5,7-8H,2,6,9-16H2,1H3. The van der Waals surface area contributed by atoms with Gasteiger partial charge in [-0.15, -0.1) is 0 Å². The molecule has 0 bridgehead atoms. The lowest BCUT2D eigenvalue weighted by Gasteiger charge is -2.02. The molecule has 0 radical (unpaired) electrons. The number of rotatable bonds is 12. The van der Waals surface area contributed by atoms with Crippen LogP contribution in [0, 0.1) is 0 Å². The molecule has 0 N–H and O–H groups in total. The summed E-state index contributed by atoms with van der Waals surface area (Å²) < 4.78 is 4.91. The Balaban J connectivity index is 3.12. The third kappa shape index (κ3) is 14.6. The van der Waals surface area contributed by atoms with E-state index in [9.17, 15) is 4.79 Å². The molecular formula is C17H28O2. The van der Waals surface area contributed by atoms with Crippen molar-refractivity contribution in [2.45, 2.75) is 58.3 Å². The Morgan fingerprint density at radius 3 is 2.37 bits per heavy atom. The molecular weight excluding hydrogens is 236 g/mol. The monoisotopic (exact) mass is 264 g/mol. The summed E-state index contributed by atoms with van der Waals surface area (Å²) in [5, 5.41) is 0. The zero-order chi connectivity index (χ0) is 14.2. The first kappa shape index (κ1) is 17.7. The van der Waals surface area contributed by atoms with Crippen molar-refractivity contribution in [3.8, 4) is 0 Å². The van der Waals surface area contributed by atoms with E-state index in [4.69, 9.17) is 4.74 Å². The van der Waals surface area contributed by atoms with Crippen LogP contribution in [0.4, 0.5) is 0 Å². The normalized spacial score (nSPS) is 11.2. The number of allylic oxidation sites excluding steroid dienone is 4. The third-order valence-corrected chi connectivity index (χ3v) is 2.85. The molecule has 0 aromatic carbocycles. The minimum atomic E-state index is -0.315. The molecule has 0 unspecified atom stereocenters. The van der Waals surface area contributed by atoms with Gasteiger partial charge in [0.15, 0.2) is 0 Å². The Kier molecular flexibility index (Phi) is 13.7. The molecule has 19 heavy (non-hydrogen) atoms. The summed E-state index contributed by atoms with van der Waals surface area (Å²) in [6.45, 7) is 5.93. The van der Waals surface area contributed by atoms with E-state index < -0.39 is 0 Å². The minimum absolute atomic E-state index is 0.315. The van der Waals surface area contributed by atoms with Crippen molar-refractivity contribution >= 4 is 5.97 Å². The van der Waals surface area contributed by atoms with Gasteiger partial charge in [-0.3, -0.25) is 0 Å². The molecule has 0 amide bonds. The lowest BCUT2D eigenvalue weighted by Crippen LogP contribution is -2.01. The van der Waals surface area contributed by atoms with Gasteiger partial charge in [0.25, 0.3) is 0 Å². The van der Waals surface area contributed by atoms with Gasteiger partial charge in [0.2, 0.25) is 0 Å². The van der Waals surface area contributed by atoms with Crippen LogP contribution in [0.2, 0.25) is 0 Å². The van der Waals surface area contributed by atoms with E-state index in [2.05, 4.69) is 30.9 Å². The lowest BCUT2D eigenvalue weighted by atomic mass is 10.1. The third-order valence-electron chi connectivity index (χ3n) is 2.85. The quantitative estimate of drug-likeness (QED) is 0.215. The van der Waals surface area contributed by atoms with E-state index in [1.807, 2.05) is 6.92 Å². The first-order valence-corrected chi connectivity index (χ1v) is 7.36. The number of esters is 1. The average molecular weight is 264 g/mol. The Labute approximate surface area is 118 Å². The number of hydrogen-bond donors (Lipinski definition) is 0. The zero-order valence-corrected chi connectivity index (χ0v) is 12.3. The molecule has 0 saturated carbocycles. The molecule has 0 aromatic heterocycles. The second-order valence-corrected chi connectivity index (χ2v) is 4.56. The van der Waals surface area contributed by atoms with Crippen LogP contribution in [0.15, 0.2) is 37.0 Å². The summed E-state index contributed by atoms with van der Waals surface area (Å²) in [5.41, 5.74) is 0. The molecule has 0 rings (SSSR count). The molecule has 2 heteroatoms. The van der Waals surface area contributed by atoms with Crippen LogP contribution in [-0.2, 0) is 9.53 Å². The smallest absolute Gasteiger partial charge is 0.330 e. The fourth-order valence-corrected chi connectivity index (χ4v) is 1.73. The van der Waals surface area contributed by atoms with Gasteiger partial charge in [0, 0.05) is 6.08 Å². The molecule has 108 valence electrons. The van der Waals surface area contributed by atoms with Crippen LogP contribution < -0.4 is 0 Å². The van der Waals surface area contributed by atoms with Crippen LogP contribution in [0.25, 0.3) is 0 Å². The molecule has 0 aliphatic carbocycles. The van der Waals surface area contributed by atoms with Gasteiger partial charge in [0.05, 0.1) is 6.61 Å². The summed E-state index contributed by atoms with van der Waals surface area (Å²) in [4.78, 5) is 10.8. The van der Waals surface area contributed by atoms with Crippen molar-refractivity contribution in [3.05, 3.63) is 37.0 Å². The van der Waals surface area contributed by atoms with E-state index in [1.54, 1.807) is 0 Å². The SMILES string of the molecule is C=CC(=O)OCCCCCCCCC=CCC=CC. The van der Waals surface area contributed by atoms with Crippen LogP contribution in [0.5, 0.6) is 0 Å².